The highest BCUT2D eigenvalue weighted by atomic mass is 14.0. The summed E-state index contributed by atoms with van der Waals surface area (Å²) in [5.41, 5.74) is 3.97. The summed E-state index contributed by atoms with van der Waals surface area (Å²) in [4.78, 5) is 0. The predicted octanol–water partition coefficient (Wildman–Crippen LogP) is 5.07. The summed E-state index contributed by atoms with van der Waals surface area (Å²) in [6.07, 6.45) is 1.10. The van der Waals surface area contributed by atoms with Gasteiger partial charge < -0.3 is 0 Å². The first-order chi connectivity index (χ1) is 8.86. The van der Waals surface area contributed by atoms with E-state index in [0.717, 1.165) is 6.42 Å². The van der Waals surface area contributed by atoms with Crippen molar-refractivity contribution in [2.24, 2.45) is 0 Å². The summed E-state index contributed by atoms with van der Waals surface area (Å²) in [5, 5.41) is 2.60. The van der Waals surface area contributed by atoms with Crippen molar-refractivity contribution in [3.63, 3.8) is 0 Å². The highest BCUT2D eigenvalue weighted by Gasteiger charge is 1.99. The zero-order valence-electron chi connectivity index (χ0n) is 10.6. The van der Waals surface area contributed by atoms with Gasteiger partial charge in [0.25, 0.3) is 0 Å². The monoisotopic (exact) mass is 232 g/mol. The molecule has 0 spiro atoms. The van der Waals surface area contributed by atoms with Crippen LogP contribution in [-0.4, -0.2) is 0 Å². The van der Waals surface area contributed by atoms with E-state index in [-0.39, 0.29) is 0 Å². The quantitative estimate of drug-likeness (QED) is 0.578. The van der Waals surface area contributed by atoms with Gasteiger partial charge in [0.15, 0.2) is 0 Å². The van der Waals surface area contributed by atoms with Gasteiger partial charge in [-0.3, -0.25) is 0 Å². The summed E-state index contributed by atoms with van der Waals surface area (Å²) in [6, 6.07) is 24.0. The van der Waals surface area contributed by atoms with Crippen molar-refractivity contribution in [3.8, 4) is 11.1 Å². The Bertz CT molecular complexity index is 663. The molecule has 3 aromatic carbocycles. The molecule has 0 heteroatoms. The van der Waals surface area contributed by atoms with Gasteiger partial charge in [-0.15, -0.1) is 0 Å². The molecule has 0 heterocycles. The minimum Gasteiger partial charge on any atom is -0.0616 e. The first-order valence-corrected chi connectivity index (χ1v) is 6.45. The third kappa shape index (κ3) is 2.02. The Kier molecular flexibility index (Phi) is 2.85. The molecule has 0 aliphatic rings. The van der Waals surface area contributed by atoms with Crippen LogP contribution in [0.3, 0.4) is 0 Å². The molecule has 0 N–H and O–H groups in total. The summed E-state index contributed by atoms with van der Waals surface area (Å²) in [6.45, 7) is 2.19. The molecule has 0 aliphatic heterocycles. The molecule has 3 rings (SSSR count). The summed E-state index contributed by atoms with van der Waals surface area (Å²) in [7, 11) is 0. The van der Waals surface area contributed by atoms with E-state index in [2.05, 4.69) is 73.7 Å². The molecule has 0 atom stereocenters. The molecule has 0 amide bonds. The Hall–Kier alpha value is -2.08. The Balaban J connectivity index is 2.07. The zero-order chi connectivity index (χ0) is 12.4. The Morgan fingerprint density at radius 1 is 0.667 bits per heavy atom. The smallest absolute Gasteiger partial charge is 0.0178 e. The standard InChI is InChI=1S/C18H16/c1-2-14-7-9-16(10-8-14)18-12-11-15-5-3-4-6-17(15)13-18/h3-13H,2H2,1H3. The molecular weight excluding hydrogens is 216 g/mol. The zero-order valence-corrected chi connectivity index (χ0v) is 10.6. The van der Waals surface area contributed by atoms with Gasteiger partial charge in [-0.25, -0.2) is 0 Å². The van der Waals surface area contributed by atoms with Crippen LogP contribution in [0.15, 0.2) is 66.7 Å². The van der Waals surface area contributed by atoms with E-state index >= 15 is 0 Å². The molecule has 0 aromatic heterocycles. The lowest BCUT2D eigenvalue weighted by Crippen LogP contribution is -1.82. The molecular formula is C18H16. The van der Waals surface area contributed by atoms with Crippen molar-refractivity contribution in [3.05, 3.63) is 72.3 Å². The van der Waals surface area contributed by atoms with E-state index in [0.29, 0.717) is 0 Å². The number of rotatable bonds is 2. The van der Waals surface area contributed by atoms with Crippen molar-refractivity contribution in [2.45, 2.75) is 13.3 Å². The van der Waals surface area contributed by atoms with Gasteiger partial charge >= 0.3 is 0 Å². The van der Waals surface area contributed by atoms with E-state index in [9.17, 15) is 0 Å². The van der Waals surface area contributed by atoms with Crippen LogP contribution in [0.1, 0.15) is 12.5 Å². The first kappa shape index (κ1) is 11.0. The summed E-state index contributed by atoms with van der Waals surface area (Å²) < 4.78 is 0. The van der Waals surface area contributed by atoms with Crippen LogP contribution in [0, 0.1) is 0 Å². The van der Waals surface area contributed by atoms with Crippen molar-refractivity contribution in [1.29, 1.82) is 0 Å². The van der Waals surface area contributed by atoms with Gasteiger partial charge in [0, 0.05) is 0 Å². The van der Waals surface area contributed by atoms with E-state index in [1.807, 2.05) is 0 Å². The van der Waals surface area contributed by atoms with Gasteiger partial charge in [0.1, 0.15) is 0 Å². The number of hydrogen-bond acceptors (Lipinski definition) is 0. The van der Waals surface area contributed by atoms with E-state index in [1.165, 1.54) is 27.5 Å². The molecule has 0 unspecified atom stereocenters. The molecule has 0 saturated heterocycles. The fourth-order valence-corrected chi connectivity index (χ4v) is 2.30. The maximum Gasteiger partial charge on any atom is -0.0178 e. The second kappa shape index (κ2) is 4.66. The Morgan fingerprint density at radius 3 is 2.06 bits per heavy atom. The molecule has 3 aromatic rings. The maximum absolute atomic E-state index is 2.26. The predicted molar refractivity (Wildman–Crippen MR) is 78.8 cm³/mol. The molecule has 0 saturated carbocycles. The van der Waals surface area contributed by atoms with Crippen molar-refractivity contribution in [1.82, 2.24) is 0 Å². The summed E-state index contributed by atoms with van der Waals surface area (Å²) in [5.74, 6) is 0. The number of fused-ring (bicyclic) bond motifs is 1. The second-order valence-electron chi connectivity index (χ2n) is 4.61. The van der Waals surface area contributed by atoms with Gasteiger partial charge in [-0.1, -0.05) is 67.6 Å². The lowest BCUT2D eigenvalue weighted by atomic mass is 10.00. The van der Waals surface area contributed by atoms with Crippen LogP contribution < -0.4 is 0 Å². The highest BCUT2D eigenvalue weighted by molar-refractivity contribution is 5.87. The average Bonchev–Trinajstić information content (AvgIpc) is 2.47. The van der Waals surface area contributed by atoms with E-state index in [4.69, 9.17) is 0 Å². The summed E-state index contributed by atoms with van der Waals surface area (Å²) >= 11 is 0. The highest BCUT2D eigenvalue weighted by Crippen LogP contribution is 2.24. The Labute approximate surface area is 108 Å². The van der Waals surface area contributed by atoms with Gasteiger partial charge in [-0.2, -0.15) is 0 Å². The molecule has 0 bridgehead atoms. The molecule has 18 heavy (non-hydrogen) atoms. The van der Waals surface area contributed by atoms with Crippen LogP contribution in [-0.2, 0) is 6.42 Å². The molecule has 0 aliphatic carbocycles. The topological polar surface area (TPSA) is 0 Å². The fourth-order valence-electron chi connectivity index (χ4n) is 2.30. The minimum atomic E-state index is 1.10. The maximum atomic E-state index is 2.26. The van der Waals surface area contributed by atoms with Crippen LogP contribution in [0.5, 0.6) is 0 Å². The van der Waals surface area contributed by atoms with Crippen LogP contribution >= 0.6 is 0 Å². The van der Waals surface area contributed by atoms with E-state index < -0.39 is 0 Å². The van der Waals surface area contributed by atoms with Crippen molar-refractivity contribution >= 4 is 10.8 Å². The Morgan fingerprint density at radius 2 is 1.33 bits per heavy atom. The van der Waals surface area contributed by atoms with Crippen LogP contribution in [0.2, 0.25) is 0 Å². The first-order valence-electron chi connectivity index (χ1n) is 6.45. The van der Waals surface area contributed by atoms with Gasteiger partial charge in [0.2, 0.25) is 0 Å². The molecule has 0 radical (unpaired) electrons. The average molecular weight is 232 g/mol. The third-order valence-electron chi connectivity index (χ3n) is 3.44. The normalized spacial score (nSPS) is 10.7. The second-order valence-corrected chi connectivity index (χ2v) is 4.61. The largest absolute Gasteiger partial charge is 0.0616 e. The number of hydrogen-bond donors (Lipinski definition) is 0. The van der Waals surface area contributed by atoms with Crippen LogP contribution in [0.4, 0.5) is 0 Å². The molecule has 88 valence electrons. The van der Waals surface area contributed by atoms with Crippen molar-refractivity contribution in [2.75, 3.05) is 0 Å². The van der Waals surface area contributed by atoms with Gasteiger partial charge in [0.05, 0.1) is 0 Å². The molecule has 0 nitrogen and oxygen atoms in total. The third-order valence-corrected chi connectivity index (χ3v) is 3.44. The lowest BCUT2D eigenvalue weighted by Gasteiger charge is -2.05. The number of benzene rings is 3. The lowest BCUT2D eigenvalue weighted by molar-refractivity contribution is 1.14. The minimum absolute atomic E-state index is 1.10. The van der Waals surface area contributed by atoms with Crippen LogP contribution in [0.25, 0.3) is 21.9 Å². The number of aryl methyl sites for hydroxylation is 1. The fraction of sp³-hybridized carbons (Fsp3) is 0.111. The van der Waals surface area contributed by atoms with E-state index in [1.54, 1.807) is 0 Å². The van der Waals surface area contributed by atoms with Gasteiger partial charge in [-0.05, 0) is 39.9 Å². The van der Waals surface area contributed by atoms with Crippen molar-refractivity contribution < 1.29 is 0 Å². The molecule has 0 fully saturated rings. The SMILES string of the molecule is CCc1ccc(-c2ccc3ccccc3c2)cc1.